The van der Waals surface area contributed by atoms with Crippen LogP contribution in [0.3, 0.4) is 0 Å². The van der Waals surface area contributed by atoms with Crippen LogP contribution in [-0.2, 0) is 5.92 Å². The molecule has 64 valence electrons. The average molecular weight is 252 g/mol. The Morgan fingerprint density at radius 3 is 2.67 bits per heavy atom. The van der Waals surface area contributed by atoms with Gasteiger partial charge in [-0.2, -0.15) is 14.0 Å². The Balaban J connectivity index is 2.90. The number of halogens is 3. The first-order valence-corrected chi connectivity index (χ1v) is 4.68. The third-order valence-electron chi connectivity index (χ3n) is 1.23. The lowest BCUT2D eigenvalue weighted by Gasteiger charge is -2.08. The summed E-state index contributed by atoms with van der Waals surface area (Å²) in [5.41, 5.74) is 0. The second-order valence-electron chi connectivity index (χ2n) is 2.14. The quantitative estimate of drug-likeness (QED) is 0.789. The summed E-state index contributed by atoms with van der Waals surface area (Å²) >= 11 is 4.03. The van der Waals surface area contributed by atoms with Gasteiger partial charge in [0.05, 0.1) is 14.7 Å². The minimum absolute atomic E-state index is 0.0732. The summed E-state index contributed by atoms with van der Waals surface area (Å²) in [5, 5.41) is 8.13. The Morgan fingerprint density at radius 2 is 2.25 bits per heavy atom. The van der Waals surface area contributed by atoms with E-state index in [9.17, 15) is 8.78 Å². The van der Waals surface area contributed by atoms with Gasteiger partial charge in [0.15, 0.2) is 0 Å². The fraction of sp³-hybridized carbons (Fsp3) is 0.286. The standard InChI is InChI=1S/C7H4BrF2NS/c8-6-2-1-5(12-6)7(9,10)3-4-11/h1-2H,3H2. The summed E-state index contributed by atoms with van der Waals surface area (Å²) < 4.78 is 26.5. The van der Waals surface area contributed by atoms with Crippen molar-refractivity contribution in [3.05, 3.63) is 20.8 Å². The average Bonchev–Trinajstić information content (AvgIpc) is 2.36. The summed E-state index contributed by atoms with van der Waals surface area (Å²) in [5.74, 6) is -3.01. The number of alkyl halides is 2. The first kappa shape index (κ1) is 9.62. The summed E-state index contributed by atoms with van der Waals surface area (Å²) in [6, 6.07) is 4.33. The largest absolute Gasteiger partial charge is 0.295 e. The topological polar surface area (TPSA) is 23.8 Å². The van der Waals surface area contributed by atoms with Gasteiger partial charge in [0.25, 0.3) is 5.92 Å². The zero-order valence-electron chi connectivity index (χ0n) is 5.85. The number of rotatable bonds is 2. The van der Waals surface area contributed by atoms with Crippen LogP contribution in [0.25, 0.3) is 0 Å². The second-order valence-corrected chi connectivity index (χ2v) is 4.61. The van der Waals surface area contributed by atoms with Crippen molar-refractivity contribution in [3.63, 3.8) is 0 Å². The Kier molecular flexibility index (Phi) is 2.80. The lowest BCUT2D eigenvalue weighted by molar-refractivity contribution is 0.00490. The van der Waals surface area contributed by atoms with E-state index in [4.69, 9.17) is 5.26 Å². The molecule has 0 bridgehead atoms. The first-order chi connectivity index (χ1) is 5.56. The first-order valence-electron chi connectivity index (χ1n) is 3.07. The monoisotopic (exact) mass is 251 g/mol. The number of hydrogen-bond donors (Lipinski definition) is 0. The van der Waals surface area contributed by atoms with Crippen LogP contribution < -0.4 is 0 Å². The van der Waals surface area contributed by atoms with Gasteiger partial charge < -0.3 is 0 Å². The molecular formula is C7H4BrF2NS. The molecule has 0 spiro atoms. The minimum Gasteiger partial charge on any atom is -0.199 e. The van der Waals surface area contributed by atoms with E-state index >= 15 is 0 Å². The molecule has 0 aromatic carbocycles. The summed E-state index contributed by atoms with van der Waals surface area (Å²) in [6.45, 7) is 0. The lowest BCUT2D eigenvalue weighted by atomic mass is 10.2. The van der Waals surface area contributed by atoms with E-state index in [2.05, 4.69) is 15.9 Å². The smallest absolute Gasteiger partial charge is 0.199 e. The zero-order valence-corrected chi connectivity index (χ0v) is 8.25. The van der Waals surface area contributed by atoms with Crippen LogP contribution in [0.15, 0.2) is 15.9 Å². The number of nitriles is 1. The van der Waals surface area contributed by atoms with Crippen LogP contribution in [0, 0.1) is 11.3 Å². The summed E-state index contributed by atoms with van der Waals surface area (Å²) in [6.07, 6.45) is -0.764. The maximum absolute atomic E-state index is 12.9. The van der Waals surface area contributed by atoms with E-state index in [-0.39, 0.29) is 4.88 Å². The van der Waals surface area contributed by atoms with Gasteiger partial charge in [-0.25, -0.2) is 0 Å². The highest BCUT2D eigenvalue weighted by Crippen LogP contribution is 2.37. The molecular weight excluding hydrogens is 248 g/mol. The van der Waals surface area contributed by atoms with Crippen molar-refractivity contribution in [1.82, 2.24) is 0 Å². The minimum atomic E-state index is -3.01. The number of thiophene rings is 1. The van der Waals surface area contributed by atoms with E-state index in [0.717, 1.165) is 11.3 Å². The maximum Gasteiger partial charge on any atom is 0.295 e. The molecule has 1 aromatic rings. The van der Waals surface area contributed by atoms with Crippen LogP contribution in [-0.4, -0.2) is 0 Å². The van der Waals surface area contributed by atoms with Crippen LogP contribution in [0.4, 0.5) is 8.78 Å². The van der Waals surface area contributed by atoms with Gasteiger partial charge in [-0.3, -0.25) is 0 Å². The SMILES string of the molecule is N#CCC(F)(F)c1ccc(Br)s1. The molecule has 0 atom stereocenters. The highest BCUT2D eigenvalue weighted by Gasteiger charge is 2.32. The third kappa shape index (κ3) is 2.02. The molecule has 1 heterocycles. The molecule has 0 fully saturated rings. The Morgan fingerprint density at radius 1 is 1.58 bits per heavy atom. The summed E-state index contributed by atoms with van der Waals surface area (Å²) in [7, 11) is 0. The molecule has 0 amide bonds. The van der Waals surface area contributed by atoms with Gasteiger partial charge in [0.1, 0.15) is 6.42 Å². The van der Waals surface area contributed by atoms with Crippen molar-refractivity contribution in [1.29, 1.82) is 5.26 Å². The van der Waals surface area contributed by atoms with Crippen LogP contribution in [0.1, 0.15) is 11.3 Å². The van der Waals surface area contributed by atoms with Gasteiger partial charge in [0.2, 0.25) is 0 Å². The van der Waals surface area contributed by atoms with Crippen LogP contribution in [0.2, 0.25) is 0 Å². The van der Waals surface area contributed by atoms with Crippen molar-refractivity contribution < 1.29 is 8.78 Å². The maximum atomic E-state index is 12.9. The zero-order chi connectivity index (χ0) is 9.19. The van der Waals surface area contributed by atoms with E-state index < -0.39 is 12.3 Å². The van der Waals surface area contributed by atoms with Crippen molar-refractivity contribution in [2.24, 2.45) is 0 Å². The molecule has 12 heavy (non-hydrogen) atoms. The van der Waals surface area contributed by atoms with Crippen LogP contribution >= 0.6 is 27.3 Å². The Labute approximate surface area is 80.8 Å². The van der Waals surface area contributed by atoms with E-state index in [1.165, 1.54) is 12.1 Å². The third-order valence-corrected chi connectivity index (χ3v) is 2.97. The van der Waals surface area contributed by atoms with Gasteiger partial charge in [-0.15, -0.1) is 11.3 Å². The summed E-state index contributed by atoms with van der Waals surface area (Å²) in [4.78, 5) is -0.0732. The van der Waals surface area contributed by atoms with E-state index in [1.807, 2.05) is 0 Å². The van der Waals surface area contributed by atoms with Gasteiger partial charge >= 0.3 is 0 Å². The predicted octanol–water partition coefficient (Wildman–Crippen LogP) is 3.52. The fourth-order valence-corrected chi connectivity index (χ4v) is 2.06. The van der Waals surface area contributed by atoms with Crippen molar-refractivity contribution in [3.8, 4) is 6.07 Å². The predicted molar refractivity (Wildman–Crippen MR) is 46.1 cm³/mol. The molecule has 0 aliphatic carbocycles. The van der Waals surface area contributed by atoms with Crippen molar-refractivity contribution >= 4 is 27.3 Å². The molecule has 0 aliphatic heterocycles. The van der Waals surface area contributed by atoms with Crippen molar-refractivity contribution in [2.45, 2.75) is 12.3 Å². The molecule has 0 unspecified atom stereocenters. The number of nitrogens with zero attached hydrogens (tertiary/aromatic N) is 1. The molecule has 0 radical (unpaired) electrons. The normalized spacial score (nSPS) is 11.2. The Hall–Kier alpha value is -0.470. The van der Waals surface area contributed by atoms with Gasteiger partial charge in [-0.05, 0) is 28.1 Å². The van der Waals surface area contributed by atoms with E-state index in [1.54, 1.807) is 6.07 Å². The molecule has 0 saturated carbocycles. The number of hydrogen-bond acceptors (Lipinski definition) is 2. The van der Waals surface area contributed by atoms with Crippen LogP contribution in [0.5, 0.6) is 0 Å². The van der Waals surface area contributed by atoms with Crippen molar-refractivity contribution in [2.75, 3.05) is 0 Å². The Bertz CT molecular complexity index is 315. The highest BCUT2D eigenvalue weighted by atomic mass is 79.9. The highest BCUT2D eigenvalue weighted by molar-refractivity contribution is 9.11. The van der Waals surface area contributed by atoms with E-state index in [0.29, 0.717) is 3.79 Å². The molecule has 0 N–H and O–H groups in total. The molecule has 5 heteroatoms. The second kappa shape index (κ2) is 3.50. The molecule has 1 rings (SSSR count). The molecule has 0 aliphatic rings. The molecule has 1 aromatic heterocycles. The van der Waals surface area contributed by atoms with Gasteiger partial charge in [-0.1, -0.05) is 0 Å². The molecule has 0 saturated heterocycles. The molecule has 1 nitrogen and oxygen atoms in total. The van der Waals surface area contributed by atoms with Gasteiger partial charge in [0, 0.05) is 0 Å². The lowest BCUT2D eigenvalue weighted by Crippen LogP contribution is -2.09. The fourth-order valence-electron chi connectivity index (χ4n) is 0.697.